The maximum atomic E-state index is 10.9. The summed E-state index contributed by atoms with van der Waals surface area (Å²) in [7, 11) is 2.02. The van der Waals surface area contributed by atoms with Crippen molar-refractivity contribution in [2.45, 2.75) is 38.3 Å². The molecule has 2 aliphatic rings. The maximum absolute atomic E-state index is 10.9. The monoisotopic (exact) mass is 221 g/mol. The summed E-state index contributed by atoms with van der Waals surface area (Å²) >= 11 is 0. The molecule has 1 saturated carbocycles. The first-order chi connectivity index (χ1) is 7.65. The summed E-state index contributed by atoms with van der Waals surface area (Å²) in [6.45, 7) is 1.64. The lowest BCUT2D eigenvalue weighted by molar-refractivity contribution is -0.136. The summed E-state index contributed by atoms with van der Waals surface area (Å²) in [5.74, 6) is 1.67. The Morgan fingerprint density at radius 2 is 2.25 bits per heavy atom. The molecule has 1 aliphatic carbocycles. The van der Waals surface area contributed by atoms with Crippen LogP contribution in [0, 0.1) is 0 Å². The number of rotatable bonds is 3. The molecule has 1 N–H and O–H groups in total. The van der Waals surface area contributed by atoms with Gasteiger partial charge in [-0.3, -0.25) is 9.69 Å². The quantitative estimate of drug-likeness (QED) is 0.844. The molecule has 0 aromatic carbocycles. The van der Waals surface area contributed by atoms with Gasteiger partial charge in [-0.25, -0.2) is 0 Å². The van der Waals surface area contributed by atoms with Gasteiger partial charge in [-0.1, -0.05) is 0 Å². The molecule has 16 heavy (non-hydrogen) atoms. The second-order valence-corrected chi connectivity index (χ2v) is 4.86. The Labute approximate surface area is 93.8 Å². The zero-order valence-corrected chi connectivity index (χ0v) is 9.32. The molecule has 1 aromatic heterocycles. The predicted octanol–water partition coefficient (Wildman–Crippen LogP) is 1.73. The molecule has 0 saturated heterocycles. The van der Waals surface area contributed by atoms with Crippen molar-refractivity contribution in [2.24, 2.45) is 0 Å². The van der Waals surface area contributed by atoms with Crippen LogP contribution in [0.1, 0.15) is 41.4 Å². The highest BCUT2D eigenvalue weighted by Crippen LogP contribution is 2.45. The molecular weight excluding hydrogens is 206 g/mol. The summed E-state index contributed by atoms with van der Waals surface area (Å²) < 4.78 is 5.85. The molecule has 0 amide bonds. The van der Waals surface area contributed by atoms with Crippen LogP contribution >= 0.6 is 0 Å². The van der Waals surface area contributed by atoms with Crippen molar-refractivity contribution in [1.82, 2.24) is 4.90 Å². The highest BCUT2D eigenvalue weighted by molar-refractivity contribution is 5.71. The fraction of sp³-hybridized carbons (Fsp3) is 0.583. The zero-order chi connectivity index (χ0) is 11.3. The third-order valence-corrected chi connectivity index (χ3v) is 3.35. The van der Waals surface area contributed by atoms with Crippen molar-refractivity contribution in [3.8, 4) is 0 Å². The van der Waals surface area contributed by atoms with Crippen LogP contribution in [-0.2, 0) is 24.3 Å². The summed E-state index contributed by atoms with van der Waals surface area (Å²) in [5, 5.41) is 8.95. The largest absolute Gasteiger partial charge is 0.481 e. The van der Waals surface area contributed by atoms with Gasteiger partial charge in [-0.05, 0) is 19.9 Å². The lowest BCUT2D eigenvalue weighted by Crippen LogP contribution is -2.10. The second-order valence-electron chi connectivity index (χ2n) is 4.86. The van der Waals surface area contributed by atoms with E-state index in [1.54, 1.807) is 0 Å². The molecule has 0 atom stereocenters. The highest BCUT2D eigenvalue weighted by atomic mass is 16.4. The van der Waals surface area contributed by atoms with Gasteiger partial charge in [0.2, 0.25) is 0 Å². The average molecular weight is 221 g/mol. The van der Waals surface area contributed by atoms with Gasteiger partial charge in [0.25, 0.3) is 0 Å². The Bertz CT molecular complexity index is 445. The van der Waals surface area contributed by atoms with Crippen molar-refractivity contribution in [2.75, 3.05) is 7.05 Å². The molecule has 1 aliphatic heterocycles. The number of hydrogen-bond acceptors (Lipinski definition) is 3. The highest BCUT2D eigenvalue weighted by Gasteiger charge is 2.35. The van der Waals surface area contributed by atoms with E-state index < -0.39 is 5.97 Å². The molecule has 1 fully saturated rings. The lowest BCUT2D eigenvalue weighted by Gasteiger charge is -2.07. The van der Waals surface area contributed by atoms with E-state index in [-0.39, 0.29) is 6.42 Å². The number of hydrogen-bond donors (Lipinski definition) is 1. The first kappa shape index (κ1) is 9.90. The van der Waals surface area contributed by atoms with E-state index in [1.807, 2.05) is 7.05 Å². The summed E-state index contributed by atoms with van der Waals surface area (Å²) in [6.07, 6.45) is 2.40. The molecule has 0 unspecified atom stereocenters. The number of fused-ring (bicyclic) bond motifs is 1. The van der Waals surface area contributed by atoms with Crippen molar-refractivity contribution in [3.05, 3.63) is 22.6 Å². The molecule has 0 spiro atoms. The Kier molecular flexibility index (Phi) is 2.07. The summed E-state index contributed by atoms with van der Waals surface area (Å²) in [6, 6.07) is 0. The third kappa shape index (κ3) is 1.53. The van der Waals surface area contributed by atoms with E-state index in [4.69, 9.17) is 9.52 Å². The van der Waals surface area contributed by atoms with Crippen molar-refractivity contribution in [1.29, 1.82) is 0 Å². The Morgan fingerprint density at radius 1 is 1.50 bits per heavy atom. The maximum Gasteiger partial charge on any atom is 0.307 e. The molecular formula is C12H15NO3. The van der Waals surface area contributed by atoms with Crippen LogP contribution in [0.3, 0.4) is 0 Å². The minimum atomic E-state index is -0.764. The van der Waals surface area contributed by atoms with Gasteiger partial charge in [-0.2, -0.15) is 0 Å². The van der Waals surface area contributed by atoms with Crippen LogP contribution in [0.5, 0.6) is 0 Å². The van der Waals surface area contributed by atoms with E-state index in [0.717, 1.165) is 48.6 Å². The topological polar surface area (TPSA) is 53.7 Å². The average Bonchev–Trinajstić information content (AvgIpc) is 2.90. The first-order valence-electron chi connectivity index (χ1n) is 5.69. The van der Waals surface area contributed by atoms with E-state index in [0.29, 0.717) is 5.92 Å². The van der Waals surface area contributed by atoms with Crippen LogP contribution < -0.4 is 0 Å². The number of carboxylic acids is 1. The van der Waals surface area contributed by atoms with E-state index in [1.165, 1.54) is 0 Å². The number of aliphatic carboxylic acids is 1. The van der Waals surface area contributed by atoms with Crippen LogP contribution in [-0.4, -0.2) is 23.0 Å². The smallest absolute Gasteiger partial charge is 0.307 e. The van der Waals surface area contributed by atoms with Crippen LogP contribution in [0.2, 0.25) is 0 Å². The molecule has 0 radical (unpaired) electrons. The minimum Gasteiger partial charge on any atom is -0.481 e. The van der Waals surface area contributed by atoms with Crippen LogP contribution in [0.15, 0.2) is 4.42 Å². The normalized spacial score (nSPS) is 20.1. The zero-order valence-electron chi connectivity index (χ0n) is 9.32. The van der Waals surface area contributed by atoms with Crippen LogP contribution in [0.4, 0.5) is 0 Å². The Hall–Kier alpha value is -1.29. The molecule has 0 bridgehead atoms. The van der Waals surface area contributed by atoms with Gasteiger partial charge in [-0.15, -0.1) is 0 Å². The number of furan rings is 1. The van der Waals surface area contributed by atoms with E-state index in [9.17, 15) is 4.79 Å². The van der Waals surface area contributed by atoms with Gasteiger partial charge in [0, 0.05) is 23.6 Å². The molecule has 3 rings (SSSR count). The fourth-order valence-electron chi connectivity index (χ4n) is 2.48. The van der Waals surface area contributed by atoms with Gasteiger partial charge < -0.3 is 9.52 Å². The molecule has 86 valence electrons. The predicted molar refractivity (Wildman–Crippen MR) is 57.2 cm³/mol. The van der Waals surface area contributed by atoms with Crippen molar-refractivity contribution >= 4 is 5.97 Å². The Balaban J connectivity index is 2.00. The Morgan fingerprint density at radius 3 is 2.88 bits per heavy atom. The van der Waals surface area contributed by atoms with E-state index >= 15 is 0 Å². The lowest BCUT2D eigenvalue weighted by atomic mass is 10.0. The SMILES string of the molecule is CN1Cc2oc(C3CC3)c(CC(=O)O)c2C1. The standard InChI is InChI=1S/C12H15NO3/c1-13-5-9-8(4-11(14)15)12(7-2-3-7)16-10(9)6-13/h7H,2-6H2,1H3,(H,14,15). The fourth-order valence-corrected chi connectivity index (χ4v) is 2.48. The van der Waals surface area contributed by atoms with Gasteiger partial charge in [0.1, 0.15) is 11.5 Å². The molecule has 4 heteroatoms. The molecule has 4 nitrogen and oxygen atoms in total. The van der Waals surface area contributed by atoms with Gasteiger partial charge in [0.05, 0.1) is 13.0 Å². The van der Waals surface area contributed by atoms with Crippen LogP contribution in [0.25, 0.3) is 0 Å². The first-order valence-corrected chi connectivity index (χ1v) is 5.69. The van der Waals surface area contributed by atoms with Crippen molar-refractivity contribution < 1.29 is 14.3 Å². The minimum absolute atomic E-state index is 0.110. The van der Waals surface area contributed by atoms with E-state index in [2.05, 4.69) is 4.90 Å². The number of carboxylic acid groups (broad SMARTS) is 1. The second kappa shape index (κ2) is 3.35. The molecule has 2 heterocycles. The third-order valence-electron chi connectivity index (χ3n) is 3.35. The summed E-state index contributed by atoms with van der Waals surface area (Å²) in [4.78, 5) is 13.0. The summed E-state index contributed by atoms with van der Waals surface area (Å²) in [5.41, 5.74) is 2.08. The van der Waals surface area contributed by atoms with Gasteiger partial charge in [0.15, 0.2) is 0 Å². The number of carbonyl (C=O) groups is 1. The molecule has 1 aromatic rings. The van der Waals surface area contributed by atoms with Gasteiger partial charge >= 0.3 is 5.97 Å². The number of nitrogens with zero attached hydrogens (tertiary/aromatic N) is 1. The van der Waals surface area contributed by atoms with Crippen molar-refractivity contribution in [3.63, 3.8) is 0 Å².